The van der Waals surface area contributed by atoms with Gasteiger partial charge in [-0.3, -0.25) is 4.79 Å². The molecule has 3 aromatic rings. The van der Waals surface area contributed by atoms with E-state index in [2.05, 4.69) is 15.0 Å². The van der Waals surface area contributed by atoms with Gasteiger partial charge in [0.1, 0.15) is 0 Å². The highest BCUT2D eigenvalue weighted by Gasteiger charge is 2.06. The molecule has 4 nitrogen and oxygen atoms in total. The number of thiazole rings is 1. The van der Waals surface area contributed by atoms with Crippen LogP contribution in [0.3, 0.4) is 0 Å². The van der Waals surface area contributed by atoms with Gasteiger partial charge < -0.3 is 0 Å². The second-order valence-electron chi connectivity index (χ2n) is 4.36. The minimum Gasteiger partial charge on any atom is -0.289 e. The normalized spacial score (nSPS) is 11.0. The number of benzene rings is 1. The molecule has 1 aromatic carbocycles. The van der Waals surface area contributed by atoms with Crippen molar-refractivity contribution in [2.45, 2.75) is 0 Å². The summed E-state index contributed by atoms with van der Waals surface area (Å²) in [4.78, 5) is 24.7. The summed E-state index contributed by atoms with van der Waals surface area (Å²) in [6, 6.07) is 8.59. The van der Waals surface area contributed by atoms with Crippen molar-refractivity contribution in [2.24, 2.45) is 0 Å². The Morgan fingerprint density at radius 1 is 1.18 bits per heavy atom. The van der Waals surface area contributed by atoms with Crippen molar-refractivity contribution in [3.8, 4) is 10.8 Å². The molecule has 108 valence electrons. The highest BCUT2D eigenvalue weighted by molar-refractivity contribution is 7.13. The molecular formula is C16H10ClN3OS. The maximum absolute atomic E-state index is 12.1. The summed E-state index contributed by atoms with van der Waals surface area (Å²) in [6.07, 6.45) is 6.49. The van der Waals surface area contributed by atoms with Gasteiger partial charge in [0.2, 0.25) is 0 Å². The van der Waals surface area contributed by atoms with Gasteiger partial charge in [0, 0.05) is 28.4 Å². The molecule has 0 N–H and O–H groups in total. The number of halogens is 1. The van der Waals surface area contributed by atoms with Crippen LogP contribution in [-0.4, -0.2) is 20.7 Å². The fraction of sp³-hybridized carbons (Fsp3) is 0. The molecule has 0 aliphatic heterocycles. The minimum atomic E-state index is -0.118. The van der Waals surface area contributed by atoms with E-state index in [1.807, 2.05) is 5.38 Å². The lowest BCUT2D eigenvalue weighted by Crippen LogP contribution is -1.93. The Morgan fingerprint density at radius 2 is 2.00 bits per heavy atom. The molecule has 0 saturated carbocycles. The molecule has 0 aliphatic rings. The standard InChI is InChI=1S/C16H10ClN3OS/c17-12-4-1-3-11(9-12)14(21)6-5-13-10-22-16(20-13)15-18-7-2-8-19-15/h1-10H/b6-5-. The van der Waals surface area contributed by atoms with Crippen LogP contribution in [0.2, 0.25) is 5.02 Å². The van der Waals surface area contributed by atoms with Gasteiger partial charge >= 0.3 is 0 Å². The first-order valence-corrected chi connectivity index (χ1v) is 7.69. The van der Waals surface area contributed by atoms with E-state index in [1.54, 1.807) is 48.8 Å². The van der Waals surface area contributed by atoms with Crippen molar-refractivity contribution < 1.29 is 4.79 Å². The van der Waals surface area contributed by atoms with Crippen molar-refractivity contribution in [2.75, 3.05) is 0 Å². The number of allylic oxidation sites excluding steroid dienone is 1. The van der Waals surface area contributed by atoms with Crippen LogP contribution in [-0.2, 0) is 0 Å². The third kappa shape index (κ3) is 3.44. The molecule has 6 heteroatoms. The van der Waals surface area contributed by atoms with Crippen molar-refractivity contribution in [3.05, 3.63) is 70.5 Å². The van der Waals surface area contributed by atoms with E-state index in [0.717, 1.165) is 5.01 Å². The minimum absolute atomic E-state index is 0.118. The molecule has 0 amide bonds. The molecule has 0 bridgehead atoms. The number of hydrogen-bond donors (Lipinski definition) is 0. The second-order valence-corrected chi connectivity index (χ2v) is 5.65. The van der Waals surface area contributed by atoms with Crippen molar-refractivity contribution >= 4 is 34.8 Å². The zero-order chi connectivity index (χ0) is 15.4. The SMILES string of the molecule is O=C(/C=C\c1csc(-c2ncccn2)n1)c1cccc(Cl)c1. The molecule has 22 heavy (non-hydrogen) atoms. The van der Waals surface area contributed by atoms with E-state index >= 15 is 0 Å². The number of rotatable bonds is 4. The fourth-order valence-corrected chi connectivity index (χ4v) is 2.70. The first-order valence-electron chi connectivity index (χ1n) is 6.43. The molecule has 0 atom stereocenters. The Bertz CT molecular complexity index is 830. The van der Waals surface area contributed by atoms with Crippen LogP contribution in [0.4, 0.5) is 0 Å². The van der Waals surface area contributed by atoms with E-state index < -0.39 is 0 Å². The quantitative estimate of drug-likeness (QED) is 0.533. The summed E-state index contributed by atoms with van der Waals surface area (Å²) in [5, 5.41) is 3.11. The highest BCUT2D eigenvalue weighted by Crippen LogP contribution is 2.20. The average molecular weight is 328 g/mol. The summed E-state index contributed by atoms with van der Waals surface area (Å²) >= 11 is 7.31. The summed E-state index contributed by atoms with van der Waals surface area (Å²) < 4.78 is 0. The largest absolute Gasteiger partial charge is 0.289 e. The maximum Gasteiger partial charge on any atom is 0.188 e. The Balaban J connectivity index is 1.76. The van der Waals surface area contributed by atoms with Crippen LogP contribution in [0, 0.1) is 0 Å². The molecule has 0 radical (unpaired) electrons. The van der Waals surface area contributed by atoms with Crippen molar-refractivity contribution in [3.63, 3.8) is 0 Å². The average Bonchev–Trinajstić information content (AvgIpc) is 3.02. The zero-order valence-corrected chi connectivity index (χ0v) is 12.9. The monoisotopic (exact) mass is 327 g/mol. The van der Waals surface area contributed by atoms with Gasteiger partial charge in [-0.1, -0.05) is 23.7 Å². The third-order valence-electron chi connectivity index (χ3n) is 2.79. The van der Waals surface area contributed by atoms with Gasteiger partial charge in [0.05, 0.1) is 5.69 Å². The van der Waals surface area contributed by atoms with E-state index in [9.17, 15) is 4.79 Å². The molecule has 2 aromatic heterocycles. The summed E-state index contributed by atoms with van der Waals surface area (Å²) in [5.41, 5.74) is 1.24. The molecule has 0 aliphatic carbocycles. The fourth-order valence-electron chi connectivity index (χ4n) is 1.77. The number of aromatic nitrogens is 3. The number of hydrogen-bond acceptors (Lipinski definition) is 5. The highest BCUT2D eigenvalue weighted by atomic mass is 35.5. The van der Waals surface area contributed by atoms with Crippen LogP contribution in [0.5, 0.6) is 0 Å². The van der Waals surface area contributed by atoms with Crippen LogP contribution in [0.1, 0.15) is 16.1 Å². The van der Waals surface area contributed by atoms with Crippen molar-refractivity contribution in [1.82, 2.24) is 15.0 Å². The molecule has 2 heterocycles. The smallest absolute Gasteiger partial charge is 0.188 e. The molecular weight excluding hydrogens is 318 g/mol. The maximum atomic E-state index is 12.1. The van der Waals surface area contributed by atoms with Crippen LogP contribution >= 0.6 is 22.9 Å². The first-order chi connectivity index (χ1) is 10.7. The molecule has 0 saturated heterocycles. The number of carbonyl (C=O) groups is 1. The lowest BCUT2D eigenvalue weighted by molar-refractivity contribution is 0.104. The first kappa shape index (κ1) is 14.6. The Labute approximate surface area is 136 Å². The number of carbonyl (C=O) groups excluding carboxylic acids is 1. The van der Waals surface area contributed by atoms with Crippen LogP contribution in [0.15, 0.2) is 54.2 Å². The Kier molecular flexibility index (Phi) is 4.37. The lowest BCUT2D eigenvalue weighted by atomic mass is 10.1. The van der Waals surface area contributed by atoms with Crippen LogP contribution < -0.4 is 0 Å². The zero-order valence-electron chi connectivity index (χ0n) is 11.3. The molecule has 0 spiro atoms. The van der Waals surface area contributed by atoms with Gasteiger partial charge in [0.15, 0.2) is 16.6 Å². The topological polar surface area (TPSA) is 55.7 Å². The lowest BCUT2D eigenvalue weighted by Gasteiger charge is -1.95. The molecule has 3 rings (SSSR count). The van der Waals surface area contributed by atoms with Gasteiger partial charge in [-0.15, -0.1) is 11.3 Å². The summed E-state index contributed by atoms with van der Waals surface area (Å²) in [6.45, 7) is 0. The van der Waals surface area contributed by atoms with Gasteiger partial charge in [-0.05, 0) is 30.4 Å². The van der Waals surface area contributed by atoms with Gasteiger partial charge in [0.25, 0.3) is 0 Å². The second kappa shape index (κ2) is 6.60. The number of ketones is 1. The number of nitrogens with zero attached hydrogens (tertiary/aromatic N) is 3. The Hall–Kier alpha value is -2.37. The third-order valence-corrected chi connectivity index (χ3v) is 3.89. The van der Waals surface area contributed by atoms with E-state index in [4.69, 9.17) is 11.6 Å². The Morgan fingerprint density at radius 3 is 2.77 bits per heavy atom. The predicted molar refractivity (Wildman–Crippen MR) is 88.0 cm³/mol. The van der Waals surface area contributed by atoms with E-state index in [-0.39, 0.29) is 5.78 Å². The van der Waals surface area contributed by atoms with Gasteiger partial charge in [-0.25, -0.2) is 15.0 Å². The van der Waals surface area contributed by atoms with Crippen molar-refractivity contribution in [1.29, 1.82) is 0 Å². The van der Waals surface area contributed by atoms with E-state index in [0.29, 0.717) is 22.1 Å². The molecule has 0 unspecified atom stereocenters. The molecule has 0 fully saturated rings. The summed E-state index contributed by atoms with van der Waals surface area (Å²) in [5.74, 6) is 0.460. The summed E-state index contributed by atoms with van der Waals surface area (Å²) in [7, 11) is 0. The predicted octanol–water partition coefficient (Wildman–Crippen LogP) is 4.15. The van der Waals surface area contributed by atoms with E-state index in [1.165, 1.54) is 17.4 Å². The van der Waals surface area contributed by atoms with Crippen LogP contribution in [0.25, 0.3) is 16.9 Å². The van der Waals surface area contributed by atoms with Gasteiger partial charge in [-0.2, -0.15) is 0 Å².